The number of nitrogens with one attached hydrogen (secondary N) is 1. The van der Waals surface area contributed by atoms with Gasteiger partial charge in [0.05, 0.1) is 6.61 Å². The number of ether oxygens (including phenoxy) is 1. The van der Waals surface area contributed by atoms with Gasteiger partial charge in [-0.2, -0.15) is 13.2 Å². The average Bonchev–Trinajstić information content (AvgIpc) is 2.28. The first-order valence-electron chi connectivity index (χ1n) is 5.55. The van der Waals surface area contributed by atoms with Crippen LogP contribution in [0.25, 0.3) is 0 Å². The third kappa shape index (κ3) is 5.46. The molecule has 0 radical (unpaired) electrons. The Morgan fingerprint density at radius 2 is 2.00 bits per heavy atom. The molecule has 0 aliphatic heterocycles. The average molecular weight is 265 g/mol. The summed E-state index contributed by atoms with van der Waals surface area (Å²) in [5, 5.41) is 3.05. The van der Waals surface area contributed by atoms with Crippen LogP contribution in [0.5, 0.6) is 0 Å². The molecule has 0 saturated carbocycles. The van der Waals surface area contributed by atoms with E-state index >= 15 is 0 Å². The van der Waals surface area contributed by atoms with E-state index in [9.17, 15) is 17.6 Å². The van der Waals surface area contributed by atoms with E-state index in [-0.39, 0.29) is 12.2 Å². The molecule has 0 atom stereocenters. The first-order valence-corrected chi connectivity index (χ1v) is 5.55. The lowest BCUT2D eigenvalue weighted by Crippen LogP contribution is -2.17. The van der Waals surface area contributed by atoms with Crippen molar-refractivity contribution in [3.63, 3.8) is 0 Å². The Hall–Kier alpha value is -1.14. The molecule has 1 aromatic rings. The smallest absolute Gasteiger partial charge is 0.367 e. The van der Waals surface area contributed by atoms with Gasteiger partial charge < -0.3 is 10.1 Å². The van der Waals surface area contributed by atoms with Gasteiger partial charge in [-0.1, -0.05) is 13.0 Å². The summed E-state index contributed by atoms with van der Waals surface area (Å²) in [7, 11) is 0. The van der Waals surface area contributed by atoms with E-state index in [0.29, 0.717) is 6.54 Å². The monoisotopic (exact) mass is 265 g/mol. The molecule has 1 aromatic carbocycles. The van der Waals surface area contributed by atoms with Gasteiger partial charge >= 0.3 is 6.18 Å². The molecule has 0 unspecified atom stereocenters. The van der Waals surface area contributed by atoms with E-state index in [4.69, 9.17) is 0 Å². The summed E-state index contributed by atoms with van der Waals surface area (Å²) in [5.74, 6) is -0.558. The molecule has 0 aromatic heterocycles. The number of benzene rings is 1. The van der Waals surface area contributed by atoms with E-state index in [1.54, 1.807) is 6.07 Å². The number of hydrogen-bond donors (Lipinski definition) is 1. The van der Waals surface area contributed by atoms with Crippen LogP contribution in [0.3, 0.4) is 0 Å². The maximum Gasteiger partial charge on any atom is 0.411 e. The zero-order valence-corrected chi connectivity index (χ0v) is 9.98. The third-order valence-electron chi connectivity index (χ3n) is 2.21. The molecule has 6 heteroatoms. The van der Waals surface area contributed by atoms with Gasteiger partial charge in [0.15, 0.2) is 0 Å². The van der Waals surface area contributed by atoms with Gasteiger partial charge in [-0.3, -0.25) is 0 Å². The topological polar surface area (TPSA) is 21.3 Å². The molecule has 0 fully saturated rings. The fourth-order valence-corrected chi connectivity index (χ4v) is 1.39. The van der Waals surface area contributed by atoms with Crippen molar-refractivity contribution in [3.05, 3.63) is 35.1 Å². The van der Waals surface area contributed by atoms with Crippen LogP contribution in [-0.4, -0.2) is 19.3 Å². The van der Waals surface area contributed by atoms with Crippen molar-refractivity contribution in [1.29, 1.82) is 0 Å². The Bertz CT molecular complexity index is 379. The second-order valence-electron chi connectivity index (χ2n) is 3.81. The Morgan fingerprint density at radius 1 is 1.28 bits per heavy atom. The summed E-state index contributed by atoms with van der Waals surface area (Å²) < 4.78 is 53.4. The molecule has 102 valence electrons. The van der Waals surface area contributed by atoms with Gasteiger partial charge in [-0.05, 0) is 24.2 Å². The van der Waals surface area contributed by atoms with Crippen molar-refractivity contribution < 1.29 is 22.3 Å². The van der Waals surface area contributed by atoms with Crippen LogP contribution in [0.1, 0.15) is 18.1 Å². The molecule has 0 amide bonds. The Kier molecular flexibility index (Phi) is 5.55. The van der Waals surface area contributed by atoms with E-state index in [0.717, 1.165) is 12.1 Å². The van der Waals surface area contributed by atoms with Gasteiger partial charge in [0.1, 0.15) is 12.4 Å². The first-order chi connectivity index (χ1) is 8.42. The quantitative estimate of drug-likeness (QED) is 0.798. The highest BCUT2D eigenvalue weighted by Gasteiger charge is 2.27. The molecule has 0 spiro atoms. The Labute approximate surface area is 103 Å². The van der Waals surface area contributed by atoms with Gasteiger partial charge in [-0.15, -0.1) is 0 Å². The van der Waals surface area contributed by atoms with E-state index in [1.165, 1.54) is 12.1 Å². The van der Waals surface area contributed by atoms with Crippen LogP contribution >= 0.6 is 0 Å². The Morgan fingerprint density at radius 3 is 2.61 bits per heavy atom. The van der Waals surface area contributed by atoms with Gasteiger partial charge in [0, 0.05) is 12.1 Å². The molecule has 0 aliphatic carbocycles. The predicted octanol–water partition coefficient (Wildman–Crippen LogP) is 3.01. The highest BCUT2D eigenvalue weighted by Crippen LogP contribution is 2.17. The van der Waals surface area contributed by atoms with Gasteiger partial charge in [0.25, 0.3) is 0 Å². The summed E-state index contributed by atoms with van der Waals surface area (Å²) in [6.45, 7) is 1.48. The fraction of sp³-hybridized carbons (Fsp3) is 0.500. The van der Waals surface area contributed by atoms with Crippen molar-refractivity contribution in [3.8, 4) is 0 Å². The molecule has 0 heterocycles. The van der Waals surface area contributed by atoms with Gasteiger partial charge in [0.2, 0.25) is 0 Å². The summed E-state index contributed by atoms with van der Waals surface area (Å²) in [5.41, 5.74) is 0.943. The van der Waals surface area contributed by atoms with E-state index < -0.39 is 18.6 Å². The molecule has 2 nitrogen and oxygen atoms in total. The third-order valence-corrected chi connectivity index (χ3v) is 2.21. The van der Waals surface area contributed by atoms with Crippen LogP contribution in [0.4, 0.5) is 17.6 Å². The molecule has 0 aliphatic rings. The molecule has 0 saturated heterocycles. The highest BCUT2D eigenvalue weighted by atomic mass is 19.4. The van der Waals surface area contributed by atoms with Crippen molar-refractivity contribution >= 4 is 0 Å². The molecular formula is C12H15F4NO. The van der Waals surface area contributed by atoms with Gasteiger partial charge in [-0.25, -0.2) is 4.39 Å². The van der Waals surface area contributed by atoms with E-state index in [1.807, 2.05) is 6.92 Å². The molecular weight excluding hydrogens is 250 g/mol. The zero-order valence-electron chi connectivity index (χ0n) is 9.98. The van der Waals surface area contributed by atoms with Crippen molar-refractivity contribution in [2.75, 3.05) is 13.2 Å². The largest absolute Gasteiger partial charge is 0.411 e. The predicted molar refractivity (Wildman–Crippen MR) is 59.5 cm³/mol. The minimum atomic E-state index is -4.39. The standard InChI is InChI=1S/C12H15F4NO/c1-2-17-6-9-3-4-11(13)10(5-9)7-18-8-12(14,15)16/h3-5,17H,2,6-8H2,1H3. The number of rotatable bonds is 6. The number of alkyl halides is 3. The van der Waals surface area contributed by atoms with Crippen LogP contribution in [0.2, 0.25) is 0 Å². The first kappa shape index (κ1) is 14.9. The van der Waals surface area contributed by atoms with Crippen molar-refractivity contribution in [2.24, 2.45) is 0 Å². The SMILES string of the molecule is CCNCc1ccc(F)c(COCC(F)(F)F)c1. The summed E-state index contributed by atoms with van der Waals surface area (Å²) in [6.07, 6.45) is -4.39. The second-order valence-corrected chi connectivity index (χ2v) is 3.81. The lowest BCUT2D eigenvalue weighted by molar-refractivity contribution is -0.176. The molecule has 1 rings (SSSR count). The second kappa shape index (κ2) is 6.70. The highest BCUT2D eigenvalue weighted by molar-refractivity contribution is 5.24. The normalized spacial score (nSPS) is 11.8. The fourth-order valence-electron chi connectivity index (χ4n) is 1.39. The number of hydrogen-bond acceptors (Lipinski definition) is 2. The molecule has 1 N–H and O–H groups in total. The molecule has 18 heavy (non-hydrogen) atoms. The Balaban J connectivity index is 2.58. The minimum absolute atomic E-state index is 0.134. The van der Waals surface area contributed by atoms with Crippen LogP contribution in [0, 0.1) is 5.82 Å². The maximum atomic E-state index is 13.3. The van der Waals surface area contributed by atoms with Crippen LogP contribution in [0.15, 0.2) is 18.2 Å². The number of halogens is 4. The van der Waals surface area contributed by atoms with E-state index in [2.05, 4.69) is 10.1 Å². The minimum Gasteiger partial charge on any atom is -0.367 e. The maximum absolute atomic E-state index is 13.3. The lowest BCUT2D eigenvalue weighted by Gasteiger charge is -2.10. The van der Waals surface area contributed by atoms with Crippen molar-refractivity contribution in [1.82, 2.24) is 5.32 Å². The molecule has 0 bridgehead atoms. The summed E-state index contributed by atoms with van der Waals surface area (Å²) >= 11 is 0. The summed E-state index contributed by atoms with van der Waals surface area (Å²) in [6, 6.07) is 4.33. The lowest BCUT2D eigenvalue weighted by atomic mass is 10.1. The van der Waals surface area contributed by atoms with Crippen molar-refractivity contribution in [2.45, 2.75) is 26.3 Å². The summed E-state index contributed by atoms with van der Waals surface area (Å²) in [4.78, 5) is 0. The van der Waals surface area contributed by atoms with Crippen LogP contribution in [-0.2, 0) is 17.9 Å². The zero-order chi connectivity index (χ0) is 13.6. The van der Waals surface area contributed by atoms with Crippen LogP contribution < -0.4 is 5.32 Å².